The van der Waals surface area contributed by atoms with Crippen molar-refractivity contribution in [1.29, 1.82) is 0 Å². The van der Waals surface area contributed by atoms with Crippen molar-refractivity contribution in [2.75, 3.05) is 18.4 Å². The highest BCUT2D eigenvalue weighted by Crippen LogP contribution is 2.31. The minimum absolute atomic E-state index is 0.700. The number of aryl methyl sites for hydroxylation is 1. The Labute approximate surface area is 94.3 Å². The monoisotopic (exact) mass is 226 g/mol. The van der Waals surface area contributed by atoms with Crippen LogP contribution in [0.1, 0.15) is 24.3 Å². The van der Waals surface area contributed by atoms with Crippen LogP contribution in [0, 0.1) is 18.8 Å². The van der Waals surface area contributed by atoms with Crippen molar-refractivity contribution in [2.45, 2.75) is 26.2 Å². The predicted molar refractivity (Wildman–Crippen MR) is 63.0 cm³/mol. The van der Waals surface area contributed by atoms with E-state index >= 15 is 0 Å². The fourth-order valence-corrected chi connectivity index (χ4v) is 2.88. The van der Waals surface area contributed by atoms with Gasteiger partial charge < -0.3 is 11.1 Å². The fraction of sp³-hybridized carbons (Fsp3) is 0.800. The van der Waals surface area contributed by atoms with Gasteiger partial charge in [0.05, 0.1) is 0 Å². The first-order chi connectivity index (χ1) is 7.29. The third-order valence-electron chi connectivity index (χ3n) is 3.16. The van der Waals surface area contributed by atoms with Crippen molar-refractivity contribution in [3.8, 4) is 0 Å². The fourth-order valence-electron chi connectivity index (χ4n) is 2.28. The molecule has 1 fully saturated rings. The molecule has 0 aromatic carbocycles. The molecule has 3 N–H and O–H groups in total. The molecule has 0 saturated heterocycles. The molecular formula is C10H18N4S. The highest BCUT2D eigenvalue weighted by molar-refractivity contribution is 7.15. The Morgan fingerprint density at radius 3 is 2.87 bits per heavy atom. The van der Waals surface area contributed by atoms with Crippen LogP contribution in [0.15, 0.2) is 0 Å². The van der Waals surface area contributed by atoms with E-state index in [0.717, 1.165) is 29.1 Å². The van der Waals surface area contributed by atoms with Gasteiger partial charge in [0.1, 0.15) is 5.01 Å². The maximum absolute atomic E-state index is 5.74. The summed E-state index contributed by atoms with van der Waals surface area (Å²) in [6.07, 6.45) is 3.91. The second kappa shape index (κ2) is 4.90. The van der Waals surface area contributed by atoms with Crippen LogP contribution in [-0.4, -0.2) is 23.3 Å². The zero-order valence-corrected chi connectivity index (χ0v) is 9.89. The average molecular weight is 226 g/mol. The molecule has 1 aromatic heterocycles. The van der Waals surface area contributed by atoms with Gasteiger partial charge in [-0.3, -0.25) is 0 Å². The first kappa shape index (κ1) is 10.8. The van der Waals surface area contributed by atoms with Crippen LogP contribution in [0.4, 0.5) is 5.13 Å². The zero-order valence-electron chi connectivity index (χ0n) is 9.07. The molecule has 0 amide bonds. The number of hydrogen-bond acceptors (Lipinski definition) is 5. The Bertz CT molecular complexity index is 312. The van der Waals surface area contributed by atoms with Crippen LogP contribution < -0.4 is 11.1 Å². The van der Waals surface area contributed by atoms with Crippen LogP contribution >= 0.6 is 11.3 Å². The SMILES string of the molecule is Cc1nnc(NCC2CCCC2CN)s1. The molecule has 2 rings (SSSR count). The summed E-state index contributed by atoms with van der Waals surface area (Å²) in [5.41, 5.74) is 5.74. The lowest BCUT2D eigenvalue weighted by Crippen LogP contribution is -2.24. The van der Waals surface area contributed by atoms with E-state index in [1.807, 2.05) is 6.92 Å². The Kier molecular flexibility index (Phi) is 3.53. The van der Waals surface area contributed by atoms with Gasteiger partial charge in [0, 0.05) is 6.54 Å². The van der Waals surface area contributed by atoms with Gasteiger partial charge in [0.25, 0.3) is 0 Å². The summed E-state index contributed by atoms with van der Waals surface area (Å²) in [7, 11) is 0. The van der Waals surface area contributed by atoms with Crippen molar-refractivity contribution in [1.82, 2.24) is 10.2 Å². The topological polar surface area (TPSA) is 63.8 Å². The van der Waals surface area contributed by atoms with E-state index in [1.165, 1.54) is 19.3 Å². The van der Waals surface area contributed by atoms with Crippen molar-refractivity contribution >= 4 is 16.5 Å². The van der Waals surface area contributed by atoms with Crippen LogP contribution in [0.3, 0.4) is 0 Å². The number of nitrogens with one attached hydrogen (secondary N) is 1. The summed E-state index contributed by atoms with van der Waals surface area (Å²) in [6.45, 7) is 3.79. The summed E-state index contributed by atoms with van der Waals surface area (Å²) in [6, 6.07) is 0. The van der Waals surface area contributed by atoms with E-state index in [4.69, 9.17) is 5.73 Å². The zero-order chi connectivity index (χ0) is 10.7. The Balaban J connectivity index is 1.82. The van der Waals surface area contributed by atoms with Gasteiger partial charge in [0.15, 0.2) is 0 Å². The normalized spacial score (nSPS) is 25.7. The maximum atomic E-state index is 5.74. The molecule has 1 aromatic rings. The number of hydrogen-bond donors (Lipinski definition) is 2. The van der Waals surface area contributed by atoms with Gasteiger partial charge in [-0.15, -0.1) is 10.2 Å². The van der Waals surface area contributed by atoms with Gasteiger partial charge in [-0.1, -0.05) is 17.8 Å². The highest BCUT2D eigenvalue weighted by atomic mass is 32.1. The summed E-state index contributed by atoms with van der Waals surface area (Å²) >= 11 is 1.62. The van der Waals surface area contributed by atoms with E-state index < -0.39 is 0 Å². The third kappa shape index (κ3) is 2.66. The first-order valence-electron chi connectivity index (χ1n) is 5.53. The molecule has 15 heavy (non-hydrogen) atoms. The highest BCUT2D eigenvalue weighted by Gasteiger charge is 2.25. The molecule has 1 aliphatic carbocycles. The molecule has 2 atom stereocenters. The molecular weight excluding hydrogens is 208 g/mol. The lowest BCUT2D eigenvalue weighted by molar-refractivity contribution is 0.414. The molecule has 84 valence electrons. The molecule has 0 aliphatic heterocycles. The predicted octanol–water partition coefficient (Wildman–Crippen LogP) is 1.63. The van der Waals surface area contributed by atoms with Crippen LogP contribution in [0.25, 0.3) is 0 Å². The number of anilines is 1. The summed E-state index contributed by atoms with van der Waals surface area (Å²) in [4.78, 5) is 0. The second-order valence-electron chi connectivity index (χ2n) is 4.19. The van der Waals surface area contributed by atoms with Gasteiger partial charge in [-0.05, 0) is 38.1 Å². The van der Waals surface area contributed by atoms with Gasteiger partial charge in [-0.2, -0.15) is 0 Å². The van der Waals surface area contributed by atoms with Gasteiger partial charge >= 0.3 is 0 Å². The molecule has 0 bridgehead atoms. The number of nitrogens with zero attached hydrogens (tertiary/aromatic N) is 2. The lowest BCUT2D eigenvalue weighted by atomic mass is 9.96. The number of rotatable bonds is 4. The largest absolute Gasteiger partial charge is 0.360 e. The van der Waals surface area contributed by atoms with E-state index in [0.29, 0.717) is 5.92 Å². The Morgan fingerprint density at radius 2 is 2.20 bits per heavy atom. The van der Waals surface area contributed by atoms with Crippen molar-refractivity contribution in [3.63, 3.8) is 0 Å². The molecule has 0 spiro atoms. The van der Waals surface area contributed by atoms with E-state index in [2.05, 4.69) is 15.5 Å². The van der Waals surface area contributed by atoms with E-state index in [-0.39, 0.29) is 0 Å². The Hall–Kier alpha value is -0.680. The van der Waals surface area contributed by atoms with Crippen molar-refractivity contribution < 1.29 is 0 Å². The molecule has 5 heteroatoms. The smallest absolute Gasteiger partial charge is 0.205 e. The minimum Gasteiger partial charge on any atom is -0.360 e. The average Bonchev–Trinajstić information content (AvgIpc) is 2.83. The molecule has 1 aliphatic rings. The molecule has 4 nitrogen and oxygen atoms in total. The minimum atomic E-state index is 0.700. The van der Waals surface area contributed by atoms with E-state index in [9.17, 15) is 0 Å². The second-order valence-corrected chi connectivity index (χ2v) is 5.38. The van der Waals surface area contributed by atoms with Crippen molar-refractivity contribution in [3.05, 3.63) is 5.01 Å². The molecule has 1 saturated carbocycles. The van der Waals surface area contributed by atoms with Crippen LogP contribution in [-0.2, 0) is 0 Å². The summed E-state index contributed by atoms with van der Waals surface area (Å²) < 4.78 is 0. The summed E-state index contributed by atoms with van der Waals surface area (Å²) in [5, 5.41) is 13.4. The van der Waals surface area contributed by atoms with Crippen molar-refractivity contribution in [2.24, 2.45) is 17.6 Å². The number of nitrogens with two attached hydrogens (primary N) is 1. The van der Waals surface area contributed by atoms with Crippen LogP contribution in [0.2, 0.25) is 0 Å². The molecule has 2 unspecified atom stereocenters. The molecule has 1 heterocycles. The standard InChI is InChI=1S/C10H18N4S/c1-7-13-14-10(15-7)12-6-9-4-2-3-8(9)5-11/h8-9H,2-6,11H2,1H3,(H,12,14). The lowest BCUT2D eigenvalue weighted by Gasteiger charge is -2.17. The quantitative estimate of drug-likeness (QED) is 0.819. The Morgan fingerprint density at radius 1 is 1.40 bits per heavy atom. The van der Waals surface area contributed by atoms with Gasteiger partial charge in [0.2, 0.25) is 5.13 Å². The third-order valence-corrected chi connectivity index (χ3v) is 3.96. The first-order valence-corrected chi connectivity index (χ1v) is 6.35. The maximum Gasteiger partial charge on any atom is 0.205 e. The van der Waals surface area contributed by atoms with Gasteiger partial charge in [-0.25, -0.2) is 0 Å². The van der Waals surface area contributed by atoms with Crippen LogP contribution in [0.5, 0.6) is 0 Å². The van der Waals surface area contributed by atoms with E-state index in [1.54, 1.807) is 11.3 Å². The molecule has 0 radical (unpaired) electrons. The summed E-state index contributed by atoms with van der Waals surface area (Å²) in [5.74, 6) is 1.42. The number of aromatic nitrogens is 2.